The van der Waals surface area contributed by atoms with Crippen molar-refractivity contribution in [1.82, 2.24) is 0 Å². The van der Waals surface area contributed by atoms with Crippen LogP contribution in [0.3, 0.4) is 0 Å². The highest BCUT2D eigenvalue weighted by Gasteiger charge is 2.25. The van der Waals surface area contributed by atoms with E-state index in [9.17, 15) is 4.39 Å². The molecule has 2 nitrogen and oxygen atoms in total. The Hall–Kier alpha value is -2.34. The first-order valence-corrected chi connectivity index (χ1v) is 5.25. The Labute approximate surface area is 97.9 Å². The summed E-state index contributed by atoms with van der Waals surface area (Å²) in [5.41, 5.74) is 2.35. The number of rotatable bonds is 0. The molecule has 0 spiro atoms. The van der Waals surface area contributed by atoms with Gasteiger partial charge in [0.25, 0.3) is 0 Å². The van der Waals surface area contributed by atoms with E-state index in [4.69, 9.17) is 10.00 Å². The number of hydrogen-bond donors (Lipinski definition) is 0. The number of fused-ring (bicyclic) bond motifs is 3. The zero-order valence-corrected chi connectivity index (χ0v) is 8.85. The minimum Gasteiger partial charge on any atom is -0.470 e. The molecule has 0 amide bonds. The summed E-state index contributed by atoms with van der Waals surface area (Å²) in [6, 6.07) is 13.8. The van der Waals surface area contributed by atoms with E-state index >= 15 is 0 Å². The highest BCUT2D eigenvalue weighted by molar-refractivity contribution is 5.76. The molecule has 0 fully saturated rings. The lowest BCUT2D eigenvalue weighted by atomic mass is 9.93. The van der Waals surface area contributed by atoms with Gasteiger partial charge in [0.05, 0.1) is 0 Å². The Balaban J connectivity index is 2.29. The maximum absolute atomic E-state index is 13.2. The molecule has 0 bridgehead atoms. The molecule has 0 saturated heterocycles. The molecular formula is C14H8FNO. The van der Waals surface area contributed by atoms with E-state index in [2.05, 4.69) is 6.07 Å². The Bertz CT molecular complexity index is 630. The molecule has 3 rings (SSSR count). The quantitative estimate of drug-likeness (QED) is 0.688. The topological polar surface area (TPSA) is 33.0 Å². The fraction of sp³-hybridized carbons (Fsp3) is 0.0714. The number of ether oxygens (including phenoxy) is 1. The second-order valence-corrected chi connectivity index (χ2v) is 3.85. The second kappa shape index (κ2) is 3.60. The molecule has 2 aromatic carbocycles. The van der Waals surface area contributed by atoms with E-state index < -0.39 is 6.10 Å². The summed E-state index contributed by atoms with van der Waals surface area (Å²) >= 11 is 0. The van der Waals surface area contributed by atoms with Gasteiger partial charge in [-0.2, -0.15) is 5.26 Å². The molecule has 0 saturated carbocycles. The summed E-state index contributed by atoms with van der Waals surface area (Å²) < 4.78 is 18.8. The first-order valence-electron chi connectivity index (χ1n) is 5.25. The fourth-order valence-electron chi connectivity index (χ4n) is 2.07. The van der Waals surface area contributed by atoms with Crippen molar-refractivity contribution < 1.29 is 9.13 Å². The van der Waals surface area contributed by atoms with Crippen LogP contribution >= 0.6 is 0 Å². The zero-order valence-electron chi connectivity index (χ0n) is 8.85. The van der Waals surface area contributed by atoms with E-state index in [1.807, 2.05) is 24.3 Å². The lowest BCUT2D eigenvalue weighted by Gasteiger charge is -2.24. The highest BCUT2D eigenvalue weighted by Crippen LogP contribution is 2.42. The molecule has 1 atom stereocenters. The van der Waals surface area contributed by atoms with Crippen molar-refractivity contribution in [2.24, 2.45) is 0 Å². The summed E-state index contributed by atoms with van der Waals surface area (Å²) in [7, 11) is 0. The highest BCUT2D eigenvalue weighted by atomic mass is 19.1. The number of nitrogens with zero attached hydrogens (tertiary/aromatic N) is 1. The molecule has 1 heterocycles. The van der Waals surface area contributed by atoms with E-state index in [-0.39, 0.29) is 5.82 Å². The van der Waals surface area contributed by atoms with Gasteiger partial charge in [-0.1, -0.05) is 24.3 Å². The van der Waals surface area contributed by atoms with Crippen LogP contribution in [0.25, 0.3) is 11.1 Å². The Morgan fingerprint density at radius 3 is 2.76 bits per heavy atom. The molecule has 1 aliphatic rings. The van der Waals surface area contributed by atoms with Crippen LogP contribution in [0.4, 0.5) is 4.39 Å². The number of halogens is 1. The van der Waals surface area contributed by atoms with Crippen molar-refractivity contribution in [2.45, 2.75) is 6.10 Å². The number of benzene rings is 2. The van der Waals surface area contributed by atoms with Crippen LogP contribution in [0, 0.1) is 17.1 Å². The smallest absolute Gasteiger partial charge is 0.210 e. The molecule has 1 aliphatic heterocycles. The van der Waals surface area contributed by atoms with Gasteiger partial charge in [-0.25, -0.2) is 4.39 Å². The fourth-order valence-corrected chi connectivity index (χ4v) is 2.07. The Morgan fingerprint density at radius 2 is 1.94 bits per heavy atom. The van der Waals surface area contributed by atoms with E-state index in [0.717, 1.165) is 11.1 Å². The van der Waals surface area contributed by atoms with E-state index in [0.29, 0.717) is 11.3 Å². The van der Waals surface area contributed by atoms with Gasteiger partial charge in [0.1, 0.15) is 17.6 Å². The normalized spacial score (nSPS) is 16.4. The van der Waals surface area contributed by atoms with Crippen LogP contribution in [0.1, 0.15) is 11.7 Å². The van der Waals surface area contributed by atoms with Crippen LogP contribution in [0.2, 0.25) is 0 Å². The van der Waals surface area contributed by atoms with Crippen LogP contribution < -0.4 is 4.74 Å². The zero-order chi connectivity index (χ0) is 11.8. The average Bonchev–Trinajstić information content (AvgIpc) is 2.38. The Morgan fingerprint density at radius 1 is 1.12 bits per heavy atom. The monoisotopic (exact) mass is 225 g/mol. The van der Waals surface area contributed by atoms with Gasteiger partial charge in [0.15, 0.2) is 0 Å². The third-order valence-electron chi connectivity index (χ3n) is 2.84. The SMILES string of the molecule is N#CC1Oc2ccc(F)cc2-c2ccccc21. The maximum atomic E-state index is 13.2. The van der Waals surface area contributed by atoms with Gasteiger partial charge in [0.2, 0.25) is 6.10 Å². The summed E-state index contributed by atoms with van der Waals surface area (Å²) in [4.78, 5) is 0. The van der Waals surface area contributed by atoms with Crippen molar-refractivity contribution >= 4 is 0 Å². The molecule has 1 unspecified atom stereocenters. The minimum atomic E-state index is -0.621. The molecule has 3 heteroatoms. The first kappa shape index (κ1) is 9.86. The predicted octanol–water partition coefficient (Wildman–Crippen LogP) is 3.45. The van der Waals surface area contributed by atoms with E-state index in [1.54, 1.807) is 6.07 Å². The van der Waals surface area contributed by atoms with Crippen molar-refractivity contribution in [3.8, 4) is 22.9 Å². The summed E-state index contributed by atoms with van der Waals surface area (Å²) in [5.74, 6) is 0.245. The lowest BCUT2D eigenvalue weighted by molar-refractivity contribution is 0.258. The number of hydrogen-bond acceptors (Lipinski definition) is 2. The van der Waals surface area contributed by atoms with Gasteiger partial charge < -0.3 is 4.74 Å². The van der Waals surface area contributed by atoms with Crippen LogP contribution in [0.15, 0.2) is 42.5 Å². The van der Waals surface area contributed by atoms with Gasteiger partial charge in [-0.3, -0.25) is 0 Å². The van der Waals surface area contributed by atoms with Crippen molar-refractivity contribution in [3.63, 3.8) is 0 Å². The molecule has 0 N–H and O–H groups in total. The summed E-state index contributed by atoms with van der Waals surface area (Å²) in [5, 5.41) is 9.07. The van der Waals surface area contributed by atoms with Gasteiger partial charge in [-0.15, -0.1) is 0 Å². The summed E-state index contributed by atoms with van der Waals surface area (Å²) in [6.07, 6.45) is -0.621. The molecule has 2 aromatic rings. The maximum Gasteiger partial charge on any atom is 0.210 e. The van der Waals surface area contributed by atoms with Crippen molar-refractivity contribution in [3.05, 3.63) is 53.8 Å². The summed E-state index contributed by atoms with van der Waals surface area (Å²) in [6.45, 7) is 0. The van der Waals surface area contributed by atoms with E-state index in [1.165, 1.54) is 12.1 Å². The molecule has 0 aliphatic carbocycles. The molecular weight excluding hydrogens is 217 g/mol. The number of nitriles is 1. The lowest BCUT2D eigenvalue weighted by Crippen LogP contribution is -2.12. The predicted molar refractivity (Wildman–Crippen MR) is 60.8 cm³/mol. The van der Waals surface area contributed by atoms with Crippen LogP contribution in [0.5, 0.6) is 5.75 Å². The largest absolute Gasteiger partial charge is 0.470 e. The third kappa shape index (κ3) is 1.46. The molecule has 82 valence electrons. The van der Waals surface area contributed by atoms with Gasteiger partial charge in [-0.05, 0) is 23.8 Å². The first-order chi connectivity index (χ1) is 8.29. The Kier molecular flexibility index (Phi) is 2.09. The van der Waals surface area contributed by atoms with Crippen molar-refractivity contribution in [2.75, 3.05) is 0 Å². The van der Waals surface area contributed by atoms with Crippen LogP contribution in [-0.2, 0) is 0 Å². The molecule has 17 heavy (non-hydrogen) atoms. The van der Waals surface area contributed by atoms with Crippen LogP contribution in [-0.4, -0.2) is 0 Å². The molecule has 0 radical (unpaired) electrons. The van der Waals surface area contributed by atoms with Gasteiger partial charge >= 0.3 is 0 Å². The third-order valence-corrected chi connectivity index (χ3v) is 2.84. The van der Waals surface area contributed by atoms with Gasteiger partial charge in [0, 0.05) is 11.1 Å². The average molecular weight is 225 g/mol. The molecule has 0 aromatic heterocycles. The standard InChI is InChI=1S/C14H8FNO/c15-9-5-6-13-12(7-9)10-3-1-2-4-11(10)14(8-16)17-13/h1-7,14H. The second-order valence-electron chi connectivity index (χ2n) is 3.85. The minimum absolute atomic E-state index is 0.308. The van der Waals surface area contributed by atoms with Crippen molar-refractivity contribution in [1.29, 1.82) is 5.26 Å².